The molecule has 0 heterocycles. The van der Waals surface area contributed by atoms with E-state index in [1.54, 1.807) is 12.1 Å². The zero-order chi connectivity index (χ0) is 13.8. The predicted octanol–water partition coefficient (Wildman–Crippen LogP) is 1.91. The Morgan fingerprint density at radius 1 is 1.33 bits per heavy atom. The molecule has 1 rings (SSSR count). The fourth-order valence-corrected chi connectivity index (χ4v) is 1.60. The highest BCUT2D eigenvalue weighted by molar-refractivity contribution is 5.93. The van der Waals surface area contributed by atoms with Gasteiger partial charge >= 0.3 is 0 Å². The number of nitrogens with two attached hydrogens (primary N) is 1. The standard InChI is InChI=1S/C14H23N3O/c1-5-14(2,3)17(4)10-11-6-8-12(9-7-11)13(18)16-15/h6-9H,5,10,15H2,1-4H3,(H,16,18). The summed E-state index contributed by atoms with van der Waals surface area (Å²) >= 11 is 0. The number of hydrogen-bond donors (Lipinski definition) is 2. The molecular formula is C14H23N3O. The summed E-state index contributed by atoms with van der Waals surface area (Å²) < 4.78 is 0. The molecule has 100 valence electrons. The Hall–Kier alpha value is -1.39. The number of nitrogen functional groups attached to an aromatic ring is 1. The zero-order valence-electron chi connectivity index (χ0n) is 11.7. The van der Waals surface area contributed by atoms with E-state index in [2.05, 4.69) is 38.1 Å². The first kappa shape index (κ1) is 14.7. The molecule has 0 bridgehead atoms. The Morgan fingerprint density at radius 2 is 1.89 bits per heavy atom. The third kappa shape index (κ3) is 3.55. The molecule has 18 heavy (non-hydrogen) atoms. The lowest BCUT2D eigenvalue weighted by atomic mass is 9.99. The molecule has 0 fully saturated rings. The monoisotopic (exact) mass is 249 g/mol. The van der Waals surface area contributed by atoms with E-state index in [-0.39, 0.29) is 11.4 Å². The lowest BCUT2D eigenvalue weighted by molar-refractivity contribution is 0.0953. The van der Waals surface area contributed by atoms with E-state index in [1.165, 1.54) is 5.56 Å². The van der Waals surface area contributed by atoms with Gasteiger partial charge < -0.3 is 0 Å². The number of rotatable bonds is 5. The first-order valence-electron chi connectivity index (χ1n) is 6.22. The fourth-order valence-electron chi connectivity index (χ4n) is 1.60. The average molecular weight is 249 g/mol. The van der Waals surface area contributed by atoms with Crippen molar-refractivity contribution in [1.82, 2.24) is 10.3 Å². The number of nitrogens with one attached hydrogen (secondary N) is 1. The molecule has 0 aliphatic rings. The number of hydrazine groups is 1. The second-order valence-corrected chi connectivity index (χ2v) is 5.19. The first-order valence-corrected chi connectivity index (χ1v) is 6.22. The van der Waals surface area contributed by atoms with Crippen LogP contribution in [0.3, 0.4) is 0 Å². The van der Waals surface area contributed by atoms with Crippen molar-refractivity contribution >= 4 is 5.91 Å². The minimum Gasteiger partial charge on any atom is -0.297 e. The van der Waals surface area contributed by atoms with Crippen LogP contribution in [0.2, 0.25) is 0 Å². The van der Waals surface area contributed by atoms with Gasteiger partial charge in [0.25, 0.3) is 5.91 Å². The smallest absolute Gasteiger partial charge is 0.265 e. The van der Waals surface area contributed by atoms with E-state index in [9.17, 15) is 4.79 Å². The minimum absolute atomic E-state index is 0.174. The third-order valence-corrected chi connectivity index (χ3v) is 3.67. The summed E-state index contributed by atoms with van der Waals surface area (Å²) in [5, 5.41) is 0. The normalized spacial score (nSPS) is 11.7. The van der Waals surface area contributed by atoms with Crippen LogP contribution in [0.15, 0.2) is 24.3 Å². The Morgan fingerprint density at radius 3 is 2.33 bits per heavy atom. The number of hydrogen-bond acceptors (Lipinski definition) is 3. The van der Waals surface area contributed by atoms with Crippen LogP contribution in [0.4, 0.5) is 0 Å². The molecule has 0 radical (unpaired) electrons. The predicted molar refractivity (Wildman–Crippen MR) is 73.9 cm³/mol. The molecule has 0 unspecified atom stereocenters. The molecule has 4 nitrogen and oxygen atoms in total. The van der Waals surface area contributed by atoms with Crippen molar-refractivity contribution in [2.45, 2.75) is 39.3 Å². The lowest BCUT2D eigenvalue weighted by Crippen LogP contribution is -2.39. The van der Waals surface area contributed by atoms with E-state index in [0.29, 0.717) is 5.56 Å². The Kier molecular flexibility index (Phi) is 4.87. The van der Waals surface area contributed by atoms with Crippen LogP contribution in [-0.4, -0.2) is 23.4 Å². The Bertz CT molecular complexity index is 398. The quantitative estimate of drug-likeness (QED) is 0.476. The molecule has 3 N–H and O–H groups in total. The van der Waals surface area contributed by atoms with Crippen molar-refractivity contribution in [2.75, 3.05) is 7.05 Å². The molecular weight excluding hydrogens is 226 g/mol. The van der Waals surface area contributed by atoms with Gasteiger partial charge in [0.2, 0.25) is 0 Å². The van der Waals surface area contributed by atoms with Gasteiger partial charge in [0.05, 0.1) is 0 Å². The number of benzene rings is 1. The number of carbonyl (C=O) groups is 1. The van der Waals surface area contributed by atoms with Gasteiger partial charge in [-0.15, -0.1) is 0 Å². The molecule has 0 saturated heterocycles. The summed E-state index contributed by atoms with van der Waals surface area (Å²) in [6.45, 7) is 7.50. The van der Waals surface area contributed by atoms with Crippen molar-refractivity contribution in [1.29, 1.82) is 0 Å². The topological polar surface area (TPSA) is 58.4 Å². The van der Waals surface area contributed by atoms with Crippen LogP contribution in [0.25, 0.3) is 0 Å². The second kappa shape index (κ2) is 5.98. The van der Waals surface area contributed by atoms with Crippen LogP contribution in [0.5, 0.6) is 0 Å². The highest BCUT2D eigenvalue weighted by atomic mass is 16.2. The van der Waals surface area contributed by atoms with Crippen LogP contribution >= 0.6 is 0 Å². The first-order chi connectivity index (χ1) is 8.40. The van der Waals surface area contributed by atoms with Crippen LogP contribution in [0, 0.1) is 0 Å². The Balaban J connectivity index is 2.72. The van der Waals surface area contributed by atoms with Crippen molar-refractivity contribution in [3.8, 4) is 0 Å². The summed E-state index contributed by atoms with van der Waals surface area (Å²) in [5.74, 6) is 4.83. The van der Waals surface area contributed by atoms with Crippen molar-refractivity contribution < 1.29 is 4.79 Å². The fraction of sp³-hybridized carbons (Fsp3) is 0.500. The van der Waals surface area contributed by atoms with Crippen molar-refractivity contribution in [2.24, 2.45) is 5.84 Å². The highest BCUT2D eigenvalue weighted by Gasteiger charge is 2.20. The molecule has 0 spiro atoms. The van der Waals surface area contributed by atoms with E-state index < -0.39 is 0 Å². The van der Waals surface area contributed by atoms with E-state index in [0.717, 1.165) is 13.0 Å². The maximum Gasteiger partial charge on any atom is 0.265 e. The van der Waals surface area contributed by atoms with Gasteiger partial charge in [-0.05, 0) is 45.0 Å². The lowest BCUT2D eigenvalue weighted by Gasteiger charge is -2.34. The summed E-state index contributed by atoms with van der Waals surface area (Å²) in [7, 11) is 2.12. The molecule has 1 amide bonds. The molecule has 0 aliphatic carbocycles. The van der Waals surface area contributed by atoms with Gasteiger partial charge in [-0.2, -0.15) is 0 Å². The molecule has 0 aliphatic heterocycles. The summed E-state index contributed by atoms with van der Waals surface area (Å²) in [6, 6.07) is 7.52. The molecule has 1 aromatic carbocycles. The molecule has 1 aromatic rings. The van der Waals surface area contributed by atoms with Crippen LogP contribution < -0.4 is 11.3 Å². The second-order valence-electron chi connectivity index (χ2n) is 5.19. The van der Waals surface area contributed by atoms with Crippen LogP contribution in [-0.2, 0) is 6.54 Å². The third-order valence-electron chi connectivity index (χ3n) is 3.67. The molecule has 0 atom stereocenters. The summed E-state index contributed by atoms with van der Waals surface area (Å²) in [4.78, 5) is 13.6. The Labute approximate surface area is 109 Å². The SMILES string of the molecule is CCC(C)(C)N(C)Cc1ccc(C(=O)NN)cc1. The number of amides is 1. The largest absolute Gasteiger partial charge is 0.297 e. The van der Waals surface area contributed by atoms with Gasteiger partial charge in [0, 0.05) is 17.6 Å². The highest BCUT2D eigenvalue weighted by Crippen LogP contribution is 2.19. The van der Waals surface area contributed by atoms with Crippen molar-refractivity contribution in [3.05, 3.63) is 35.4 Å². The van der Waals surface area contributed by atoms with Gasteiger partial charge in [-0.25, -0.2) is 5.84 Å². The van der Waals surface area contributed by atoms with Crippen molar-refractivity contribution in [3.63, 3.8) is 0 Å². The zero-order valence-corrected chi connectivity index (χ0v) is 11.7. The van der Waals surface area contributed by atoms with E-state index in [1.807, 2.05) is 12.1 Å². The van der Waals surface area contributed by atoms with Gasteiger partial charge in [0.1, 0.15) is 0 Å². The van der Waals surface area contributed by atoms with E-state index in [4.69, 9.17) is 5.84 Å². The average Bonchev–Trinajstić information content (AvgIpc) is 2.38. The van der Waals surface area contributed by atoms with E-state index >= 15 is 0 Å². The van der Waals surface area contributed by atoms with Crippen LogP contribution in [0.1, 0.15) is 43.1 Å². The maximum absolute atomic E-state index is 11.3. The summed E-state index contributed by atoms with van der Waals surface area (Å²) in [5.41, 5.74) is 4.07. The maximum atomic E-state index is 11.3. The minimum atomic E-state index is -0.260. The van der Waals surface area contributed by atoms with Gasteiger partial charge in [-0.1, -0.05) is 19.1 Å². The summed E-state index contributed by atoms with van der Waals surface area (Å²) in [6.07, 6.45) is 1.09. The molecule has 0 saturated carbocycles. The molecule has 4 heteroatoms. The molecule has 0 aromatic heterocycles. The number of carbonyl (C=O) groups excluding carboxylic acids is 1. The van der Waals surface area contributed by atoms with Gasteiger partial charge in [0.15, 0.2) is 0 Å². The number of nitrogens with zero attached hydrogens (tertiary/aromatic N) is 1. The van der Waals surface area contributed by atoms with Gasteiger partial charge in [-0.3, -0.25) is 15.1 Å².